The highest BCUT2D eigenvalue weighted by Gasteiger charge is 2.50. The van der Waals surface area contributed by atoms with E-state index in [2.05, 4.69) is 356 Å². The maximum Gasteiger partial charge on any atom is 0.235 e. The summed E-state index contributed by atoms with van der Waals surface area (Å²) in [4.78, 5) is 11.8. The van der Waals surface area contributed by atoms with Crippen molar-refractivity contribution in [2.75, 3.05) is 0 Å². The van der Waals surface area contributed by atoms with E-state index < -0.39 is 0 Å². The number of fused-ring (bicyclic) bond motifs is 19. The molecule has 538 valence electrons. The van der Waals surface area contributed by atoms with Gasteiger partial charge in [0.1, 0.15) is 0 Å². The lowest BCUT2D eigenvalue weighted by atomic mass is 9.70. The molecule has 5 nitrogen and oxygen atoms in total. The van der Waals surface area contributed by atoms with Gasteiger partial charge in [-0.1, -0.05) is 246 Å². The summed E-state index contributed by atoms with van der Waals surface area (Å²) in [7, 11) is 0. The molecular formula is C107H85N5. The van der Waals surface area contributed by atoms with Gasteiger partial charge in [-0.2, -0.15) is 0 Å². The zero-order chi connectivity index (χ0) is 75.1. The van der Waals surface area contributed by atoms with E-state index in [0.717, 1.165) is 66.6 Å². The van der Waals surface area contributed by atoms with E-state index in [1.165, 1.54) is 175 Å². The van der Waals surface area contributed by atoms with Gasteiger partial charge >= 0.3 is 0 Å². The van der Waals surface area contributed by atoms with Crippen molar-refractivity contribution in [3.63, 3.8) is 0 Å². The quantitative estimate of drug-likeness (QED) is 0.160. The summed E-state index contributed by atoms with van der Waals surface area (Å²) in [6, 6.07) is 105. The summed E-state index contributed by atoms with van der Waals surface area (Å²) in [5, 5.41) is 8.33. The number of benzene rings is 14. The molecule has 24 rings (SSSR count). The molecule has 6 aliphatic rings. The molecule has 0 radical (unpaired) electrons. The van der Waals surface area contributed by atoms with E-state index in [1.54, 1.807) is 11.1 Å². The second kappa shape index (κ2) is 22.1. The minimum Gasteiger partial charge on any atom is -0.309 e. The van der Waals surface area contributed by atoms with Crippen LogP contribution in [0.4, 0.5) is 0 Å². The number of para-hydroxylation sites is 3. The van der Waals surface area contributed by atoms with E-state index in [0.29, 0.717) is 11.9 Å². The van der Waals surface area contributed by atoms with E-state index in [9.17, 15) is 0 Å². The third kappa shape index (κ3) is 8.48. The topological polar surface area (TPSA) is 40.6 Å². The molecule has 0 N–H and O–H groups in total. The van der Waals surface area contributed by atoms with Crippen LogP contribution in [0.25, 0.3) is 172 Å². The van der Waals surface area contributed by atoms with Gasteiger partial charge in [-0.3, -0.25) is 4.57 Å². The first-order chi connectivity index (χ1) is 54.3. The first kappa shape index (κ1) is 64.6. The van der Waals surface area contributed by atoms with Crippen LogP contribution in [0.3, 0.4) is 0 Å². The van der Waals surface area contributed by atoms with E-state index in [1.807, 2.05) is 0 Å². The van der Waals surface area contributed by atoms with Crippen molar-refractivity contribution >= 4 is 76.3 Å². The van der Waals surface area contributed by atoms with Gasteiger partial charge in [-0.15, -0.1) is 0 Å². The molecule has 1 saturated carbocycles. The van der Waals surface area contributed by atoms with Crippen LogP contribution in [0, 0.1) is 5.92 Å². The molecule has 0 spiro atoms. The predicted octanol–water partition coefficient (Wildman–Crippen LogP) is 27.7. The van der Waals surface area contributed by atoms with Crippen molar-refractivity contribution < 1.29 is 0 Å². The van der Waals surface area contributed by atoms with Crippen LogP contribution in [-0.2, 0) is 27.1 Å². The third-order valence-electron chi connectivity index (χ3n) is 28.9. The first-order valence-electron chi connectivity index (χ1n) is 40.7. The lowest BCUT2D eigenvalue weighted by molar-refractivity contribution is 0.233. The lowest BCUT2D eigenvalue weighted by Gasteiger charge is -2.34. The van der Waals surface area contributed by atoms with Gasteiger partial charge in [0, 0.05) is 76.3 Å². The van der Waals surface area contributed by atoms with Crippen molar-refractivity contribution in [1.29, 1.82) is 0 Å². The monoisotopic (exact) mass is 1440 g/mol. The Morgan fingerprint density at radius 2 is 0.679 bits per heavy atom. The Hall–Kier alpha value is -12.2. The summed E-state index contributed by atoms with van der Waals surface area (Å²) < 4.78 is 7.37. The van der Waals surface area contributed by atoms with Gasteiger partial charge in [-0.05, 0) is 262 Å². The Balaban J connectivity index is 0.672. The number of hydrogen-bond acceptors (Lipinski definition) is 2. The molecule has 5 heteroatoms. The highest BCUT2D eigenvalue weighted by molar-refractivity contribution is 6.14. The molecular weight excluding hydrogens is 1360 g/mol. The van der Waals surface area contributed by atoms with Crippen LogP contribution in [-0.4, -0.2) is 23.7 Å². The average molecular weight is 1440 g/mol. The third-order valence-corrected chi connectivity index (χ3v) is 28.9. The van der Waals surface area contributed by atoms with Gasteiger partial charge in [0.05, 0.1) is 44.3 Å². The van der Waals surface area contributed by atoms with Gasteiger partial charge < -0.3 is 9.13 Å². The van der Waals surface area contributed by atoms with Crippen LogP contribution < -0.4 is 0 Å². The molecule has 112 heavy (non-hydrogen) atoms. The molecule has 0 amide bonds. The first-order valence-corrected chi connectivity index (χ1v) is 40.7. The summed E-state index contributed by atoms with van der Waals surface area (Å²) in [5.74, 6) is 2.03. The smallest absolute Gasteiger partial charge is 0.235 e. The molecule has 4 heterocycles. The molecule has 6 aliphatic carbocycles. The Kier molecular flexibility index (Phi) is 12.8. The number of hydrogen-bond donors (Lipinski definition) is 0. The molecule has 0 bridgehead atoms. The molecule has 14 aromatic carbocycles. The van der Waals surface area contributed by atoms with Crippen LogP contribution in [0.1, 0.15) is 156 Å². The fourth-order valence-corrected chi connectivity index (χ4v) is 23.1. The Labute approximate surface area is 653 Å². The van der Waals surface area contributed by atoms with Gasteiger partial charge in [0.2, 0.25) is 5.95 Å². The Bertz CT molecular complexity index is 7250. The molecule has 1 fully saturated rings. The standard InChI is InChI=1S/C107H85N5/c1-103(2)82-29-17-11-23-69(82)75-49-60(35-42-85(75)103)63-38-46-96-78(52-63)72-26-14-20-32-93(72)110(96)67-41-45-92-81(57-67)101(109-102(108-92)112-95-34-22-16-28-74(95)80-54-65(40-48-98(80)112)62-37-44-87-77(51-62)71-25-13-19-31-84(71)105(87,5)6)66-55-88-99-89(56-66)107(9,10)91-59-68(58-90(100(91)99)106(88,7)8)111-94-33-21-15-27-73(94)79-53-64(39-47-97(79)111)61-36-43-86-76(50-61)70-24-12-18-30-83(70)104(86,3)4/h11,13-17,19-23,25-29,31-59,70,83H,12,18,24,30H2,1-10H3. The summed E-state index contributed by atoms with van der Waals surface area (Å²) in [6.45, 7) is 24.3. The van der Waals surface area contributed by atoms with Crippen molar-refractivity contribution in [2.45, 2.75) is 128 Å². The van der Waals surface area contributed by atoms with Gasteiger partial charge in [0.25, 0.3) is 0 Å². The summed E-state index contributed by atoms with van der Waals surface area (Å²) >= 11 is 0. The Morgan fingerprint density at radius 3 is 1.21 bits per heavy atom. The van der Waals surface area contributed by atoms with Crippen molar-refractivity contribution in [3.8, 4) is 95.3 Å². The molecule has 2 atom stereocenters. The fraction of sp³-hybridized carbons (Fsp3) is 0.196. The largest absolute Gasteiger partial charge is 0.309 e. The van der Waals surface area contributed by atoms with Crippen molar-refractivity contribution in [1.82, 2.24) is 23.7 Å². The summed E-state index contributed by atoms with van der Waals surface area (Å²) in [5.41, 5.74) is 41.0. The van der Waals surface area contributed by atoms with Crippen LogP contribution in [0.2, 0.25) is 0 Å². The molecule has 2 unspecified atom stereocenters. The van der Waals surface area contributed by atoms with Crippen LogP contribution in [0.15, 0.2) is 273 Å². The molecule has 4 aromatic heterocycles. The SMILES string of the molecule is CC1(C)c2ccccc2-c2cc(-c3ccc4c(c3)c3ccccc3n4-c3ccc4nc(-n5c6ccccc6c6cc(-c7ccc8c(c7)-c7ccccc7C8(C)C)ccc65)nc(-c5cc6c7c(c5)C(C)(C)c5cc(-n8c9ccccc9c9cc(-c%10ccc%11c(c%10)C%10CCCCC%10C%11(C)C)ccc98)cc(c5-7)C6(C)C)c4c3)ccc21. The maximum absolute atomic E-state index is 6.06. The van der Waals surface area contributed by atoms with Crippen LogP contribution >= 0.6 is 0 Å². The molecule has 0 aliphatic heterocycles. The molecule has 0 saturated heterocycles. The number of rotatable bonds is 7. The lowest BCUT2D eigenvalue weighted by Crippen LogP contribution is -2.27. The number of nitrogens with zero attached hydrogens (tertiary/aromatic N) is 5. The predicted molar refractivity (Wildman–Crippen MR) is 467 cm³/mol. The normalized spacial score (nSPS) is 17.8. The van der Waals surface area contributed by atoms with Gasteiger partial charge in [0.15, 0.2) is 0 Å². The minimum atomic E-state index is -0.370. The van der Waals surface area contributed by atoms with E-state index in [-0.39, 0.29) is 27.1 Å². The minimum absolute atomic E-state index is 0.0611. The fourth-order valence-electron chi connectivity index (χ4n) is 23.1. The van der Waals surface area contributed by atoms with Gasteiger partial charge in [-0.25, -0.2) is 9.97 Å². The van der Waals surface area contributed by atoms with Crippen LogP contribution in [0.5, 0.6) is 0 Å². The maximum atomic E-state index is 6.06. The van der Waals surface area contributed by atoms with E-state index in [4.69, 9.17) is 9.97 Å². The number of aromatic nitrogens is 5. The zero-order valence-corrected chi connectivity index (χ0v) is 65.2. The second-order valence-corrected chi connectivity index (χ2v) is 36.3. The highest BCUT2D eigenvalue weighted by Crippen LogP contribution is 2.63. The van der Waals surface area contributed by atoms with Crippen molar-refractivity contribution in [2.24, 2.45) is 5.92 Å². The van der Waals surface area contributed by atoms with E-state index >= 15 is 0 Å². The van der Waals surface area contributed by atoms with Crippen molar-refractivity contribution in [3.05, 3.63) is 329 Å². The zero-order valence-electron chi connectivity index (χ0n) is 65.2. The second-order valence-electron chi connectivity index (χ2n) is 36.3. The molecule has 18 aromatic rings. The summed E-state index contributed by atoms with van der Waals surface area (Å²) in [6.07, 6.45) is 5.33. The Morgan fingerprint density at radius 1 is 0.277 bits per heavy atom. The average Bonchev–Trinajstić information content (AvgIpc) is 1.51. The highest BCUT2D eigenvalue weighted by atomic mass is 15.2.